The van der Waals surface area contributed by atoms with Gasteiger partial charge in [-0.15, -0.1) is 0 Å². The lowest BCUT2D eigenvalue weighted by molar-refractivity contribution is -0.119. The summed E-state index contributed by atoms with van der Waals surface area (Å²) in [5, 5.41) is 0. The molecule has 2 N–H and O–H groups in total. The summed E-state index contributed by atoms with van der Waals surface area (Å²) in [6, 6.07) is 3.48. The van der Waals surface area contributed by atoms with E-state index in [4.69, 9.17) is 5.73 Å². The molecule has 0 aliphatic carbocycles. The molecule has 4 heteroatoms. The van der Waals surface area contributed by atoms with Gasteiger partial charge < -0.3 is 5.73 Å². The number of amides is 1. The van der Waals surface area contributed by atoms with Crippen molar-refractivity contribution < 1.29 is 4.79 Å². The average molecular weight is 191 g/mol. The largest absolute Gasteiger partial charge is 0.320 e. The number of pyridine rings is 1. The van der Waals surface area contributed by atoms with E-state index < -0.39 is 6.04 Å². The van der Waals surface area contributed by atoms with Gasteiger partial charge in [0.25, 0.3) is 0 Å². The predicted octanol–water partition coefficient (Wildman–Crippen LogP) is 0.318. The van der Waals surface area contributed by atoms with Crippen LogP contribution >= 0.6 is 0 Å². The van der Waals surface area contributed by atoms with E-state index in [-0.39, 0.29) is 5.91 Å². The molecule has 0 aromatic carbocycles. The molecule has 0 saturated heterocycles. The Balaban J connectivity index is 2.45. The minimum absolute atomic E-state index is 0.0533. The van der Waals surface area contributed by atoms with E-state index in [0.29, 0.717) is 6.42 Å². The van der Waals surface area contributed by atoms with Gasteiger partial charge in [0.15, 0.2) is 0 Å². The van der Waals surface area contributed by atoms with Crippen molar-refractivity contribution in [3.8, 4) is 0 Å². The number of aryl methyl sites for hydroxylation is 1. The second kappa shape index (κ2) is 3.38. The van der Waals surface area contributed by atoms with E-state index in [1.54, 1.807) is 18.1 Å². The number of fused-ring (bicyclic) bond motifs is 1. The summed E-state index contributed by atoms with van der Waals surface area (Å²) < 4.78 is 0. The van der Waals surface area contributed by atoms with Gasteiger partial charge in [-0.25, -0.2) is 4.98 Å². The van der Waals surface area contributed by atoms with Crippen LogP contribution in [0.4, 0.5) is 5.82 Å². The first-order chi connectivity index (χ1) is 6.70. The molecule has 2 rings (SSSR count). The Kier molecular flexibility index (Phi) is 2.21. The van der Waals surface area contributed by atoms with Crippen molar-refractivity contribution in [2.45, 2.75) is 18.9 Å². The van der Waals surface area contributed by atoms with Crippen molar-refractivity contribution in [2.75, 3.05) is 11.9 Å². The third-order valence-electron chi connectivity index (χ3n) is 2.56. The monoisotopic (exact) mass is 191 g/mol. The molecule has 14 heavy (non-hydrogen) atoms. The van der Waals surface area contributed by atoms with E-state index >= 15 is 0 Å². The van der Waals surface area contributed by atoms with Gasteiger partial charge in [0, 0.05) is 13.2 Å². The fraction of sp³-hybridized carbons (Fsp3) is 0.400. The third kappa shape index (κ3) is 1.37. The Bertz CT molecular complexity index is 364. The van der Waals surface area contributed by atoms with E-state index in [2.05, 4.69) is 4.98 Å². The van der Waals surface area contributed by atoms with Crippen LogP contribution in [0.2, 0.25) is 0 Å². The SMILES string of the molecule is CN1C(=O)[C@@H](N)CCc2cccnc21. The highest BCUT2D eigenvalue weighted by atomic mass is 16.2. The van der Waals surface area contributed by atoms with Crippen molar-refractivity contribution in [1.29, 1.82) is 0 Å². The molecular formula is C10H13N3O. The summed E-state index contributed by atoms with van der Waals surface area (Å²) in [5.74, 6) is 0.688. The number of aromatic nitrogens is 1. The van der Waals surface area contributed by atoms with E-state index in [1.807, 2.05) is 12.1 Å². The molecular weight excluding hydrogens is 178 g/mol. The molecule has 0 fully saturated rings. The first-order valence-corrected chi connectivity index (χ1v) is 4.67. The van der Waals surface area contributed by atoms with Gasteiger partial charge in [-0.2, -0.15) is 0 Å². The molecule has 1 aromatic rings. The van der Waals surface area contributed by atoms with Crippen LogP contribution in [0.3, 0.4) is 0 Å². The van der Waals surface area contributed by atoms with Crippen LogP contribution in [0, 0.1) is 0 Å². The topological polar surface area (TPSA) is 59.2 Å². The van der Waals surface area contributed by atoms with Crippen molar-refractivity contribution in [1.82, 2.24) is 4.98 Å². The first-order valence-electron chi connectivity index (χ1n) is 4.67. The summed E-state index contributed by atoms with van der Waals surface area (Å²) in [6.07, 6.45) is 3.21. The summed E-state index contributed by atoms with van der Waals surface area (Å²) in [4.78, 5) is 17.4. The Morgan fingerprint density at radius 3 is 3.21 bits per heavy atom. The van der Waals surface area contributed by atoms with Gasteiger partial charge in [0.1, 0.15) is 5.82 Å². The van der Waals surface area contributed by atoms with Crippen LogP contribution in [0.1, 0.15) is 12.0 Å². The molecule has 74 valence electrons. The number of hydrogen-bond donors (Lipinski definition) is 1. The van der Waals surface area contributed by atoms with Gasteiger partial charge in [-0.1, -0.05) is 6.07 Å². The lowest BCUT2D eigenvalue weighted by Crippen LogP contribution is -2.40. The molecule has 1 aliphatic rings. The zero-order valence-corrected chi connectivity index (χ0v) is 8.10. The number of hydrogen-bond acceptors (Lipinski definition) is 3. The summed E-state index contributed by atoms with van der Waals surface area (Å²) >= 11 is 0. The van der Waals surface area contributed by atoms with Crippen molar-refractivity contribution in [3.05, 3.63) is 23.9 Å². The molecule has 1 atom stereocenters. The van der Waals surface area contributed by atoms with Crippen LogP contribution in [-0.4, -0.2) is 24.0 Å². The molecule has 0 spiro atoms. The molecule has 0 radical (unpaired) electrons. The summed E-state index contributed by atoms with van der Waals surface area (Å²) in [5.41, 5.74) is 6.82. The van der Waals surface area contributed by atoms with Crippen molar-refractivity contribution in [3.63, 3.8) is 0 Å². The maximum atomic E-state index is 11.7. The van der Waals surface area contributed by atoms with E-state index in [9.17, 15) is 4.79 Å². The van der Waals surface area contributed by atoms with Gasteiger partial charge in [-0.05, 0) is 24.5 Å². The standard InChI is InChI=1S/C10H13N3O/c1-13-9-7(3-2-6-12-9)4-5-8(11)10(13)14/h2-3,6,8H,4-5,11H2,1H3/t8-/m0/s1. The van der Waals surface area contributed by atoms with Gasteiger partial charge in [0.2, 0.25) is 5.91 Å². The van der Waals surface area contributed by atoms with Crippen LogP contribution in [0.15, 0.2) is 18.3 Å². The zero-order chi connectivity index (χ0) is 10.1. The molecule has 0 bridgehead atoms. The van der Waals surface area contributed by atoms with E-state index in [1.165, 1.54) is 0 Å². The Hall–Kier alpha value is -1.42. The Morgan fingerprint density at radius 1 is 1.64 bits per heavy atom. The average Bonchev–Trinajstić information content (AvgIpc) is 2.32. The van der Waals surface area contributed by atoms with Crippen molar-refractivity contribution >= 4 is 11.7 Å². The maximum Gasteiger partial charge on any atom is 0.244 e. The number of likely N-dealkylation sites (N-methyl/N-ethyl adjacent to an activating group) is 1. The molecule has 1 aromatic heterocycles. The summed E-state index contributed by atoms with van der Waals surface area (Å²) in [7, 11) is 1.72. The summed E-state index contributed by atoms with van der Waals surface area (Å²) in [6.45, 7) is 0. The fourth-order valence-corrected chi connectivity index (χ4v) is 1.72. The smallest absolute Gasteiger partial charge is 0.244 e. The van der Waals surface area contributed by atoms with Crippen LogP contribution < -0.4 is 10.6 Å². The molecule has 0 saturated carbocycles. The highest BCUT2D eigenvalue weighted by molar-refractivity contribution is 5.96. The molecule has 4 nitrogen and oxygen atoms in total. The van der Waals surface area contributed by atoms with Crippen molar-refractivity contribution in [2.24, 2.45) is 5.73 Å². The highest BCUT2D eigenvalue weighted by Gasteiger charge is 2.25. The molecule has 1 aliphatic heterocycles. The number of rotatable bonds is 0. The van der Waals surface area contributed by atoms with Gasteiger partial charge in [0.05, 0.1) is 6.04 Å². The molecule has 1 amide bonds. The maximum absolute atomic E-state index is 11.7. The minimum atomic E-state index is -0.394. The quantitative estimate of drug-likeness (QED) is 0.642. The fourth-order valence-electron chi connectivity index (χ4n) is 1.72. The Morgan fingerprint density at radius 2 is 2.43 bits per heavy atom. The van der Waals surface area contributed by atoms with Gasteiger partial charge in [-0.3, -0.25) is 9.69 Å². The number of carbonyl (C=O) groups excluding carboxylic acids is 1. The second-order valence-electron chi connectivity index (χ2n) is 3.53. The number of carbonyl (C=O) groups is 1. The first kappa shape index (κ1) is 9.15. The number of nitrogens with two attached hydrogens (primary N) is 1. The lowest BCUT2D eigenvalue weighted by atomic mass is 10.1. The van der Waals surface area contributed by atoms with Crippen LogP contribution in [0.25, 0.3) is 0 Å². The number of anilines is 1. The van der Waals surface area contributed by atoms with Crippen LogP contribution in [-0.2, 0) is 11.2 Å². The van der Waals surface area contributed by atoms with E-state index in [0.717, 1.165) is 17.8 Å². The predicted molar refractivity (Wildman–Crippen MR) is 53.9 cm³/mol. The Labute approximate surface area is 82.7 Å². The highest BCUT2D eigenvalue weighted by Crippen LogP contribution is 2.22. The number of nitrogens with zero attached hydrogens (tertiary/aromatic N) is 2. The lowest BCUT2D eigenvalue weighted by Gasteiger charge is -2.17. The molecule has 0 unspecified atom stereocenters. The minimum Gasteiger partial charge on any atom is -0.320 e. The third-order valence-corrected chi connectivity index (χ3v) is 2.56. The second-order valence-corrected chi connectivity index (χ2v) is 3.53. The molecule has 2 heterocycles. The van der Waals surface area contributed by atoms with Crippen LogP contribution in [0.5, 0.6) is 0 Å². The normalized spacial score (nSPS) is 21.7. The zero-order valence-electron chi connectivity index (χ0n) is 8.10. The van der Waals surface area contributed by atoms with Gasteiger partial charge >= 0.3 is 0 Å².